The second-order valence-corrected chi connectivity index (χ2v) is 6.17. The molecule has 0 fully saturated rings. The molecule has 130 valence electrons. The maximum absolute atomic E-state index is 13.8. The lowest BCUT2D eigenvalue weighted by molar-refractivity contribution is -0.132. The van der Waals surface area contributed by atoms with Crippen molar-refractivity contribution in [1.29, 1.82) is 0 Å². The highest BCUT2D eigenvalue weighted by Gasteiger charge is 2.28. The molecule has 0 spiro atoms. The summed E-state index contributed by atoms with van der Waals surface area (Å²) in [5.41, 5.74) is 0.0518. The van der Waals surface area contributed by atoms with E-state index in [9.17, 15) is 30.7 Å². The van der Waals surface area contributed by atoms with Gasteiger partial charge in [-0.15, -0.1) is 11.8 Å². The molecule has 1 aromatic rings. The molecule has 1 nitrogen and oxygen atoms in total. The van der Waals surface area contributed by atoms with Crippen molar-refractivity contribution in [3.8, 4) is 0 Å². The zero-order valence-corrected chi connectivity index (χ0v) is 13.4. The maximum Gasteiger partial charge on any atom is 0.398 e. The van der Waals surface area contributed by atoms with Gasteiger partial charge in [0.25, 0.3) is 0 Å². The average molecular weight is 379 g/mol. The highest BCUT2D eigenvalue weighted by molar-refractivity contribution is 7.99. The third kappa shape index (κ3) is 7.87. The number of thiocarbonyl (C=S) groups is 1. The molecule has 0 aliphatic heterocycles. The van der Waals surface area contributed by atoms with E-state index in [-0.39, 0.29) is 15.6 Å². The van der Waals surface area contributed by atoms with Crippen LogP contribution in [0.1, 0.15) is 18.4 Å². The number of hydrogen-bond donors (Lipinski definition) is 1. The third-order valence-corrected chi connectivity index (χ3v) is 4.09. The Morgan fingerprint density at radius 2 is 1.74 bits per heavy atom. The summed E-state index contributed by atoms with van der Waals surface area (Å²) in [6.07, 6.45) is -10.5. The van der Waals surface area contributed by atoms with Gasteiger partial charge in [0.1, 0.15) is 5.82 Å². The van der Waals surface area contributed by atoms with Crippen LogP contribution in [0.25, 0.3) is 0 Å². The molecule has 1 aromatic carbocycles. The van der Waals surface area contributed by atoms with Crippen molar-refractivity contribution in [3.05, 3.63) is 23.5 Å². The van der Waals surface area contributed by atoms with Crippen LogP contribution < -0.4 is 5.32 Å². The fourth-order valence-electron chi connectivity index (χ4n) is 1.53. The van der Waals surface area contributed by atoms with Gasteiger partial charge in [-0.25, -0.2) is 4.39 Å². The summed E-state index contributed by atoms with van der Waals surface area (Å²) in [5, 5.41) is 2.31. The quantitative estimate of drug-likeness (QED) is 0.390. The number of benzene rings is 1. The van der Waals surface area contributed by atoms with Gasteiger partial charge in [0.15, 0.2) is 0 Å². The van der Waals surface area contributed by atoms with E-state index in [2.05, 4.69) is 5.32 Å². The Morgan fingerprint density at radius 1 is 1.13 bits per heavy atom. The van der Waals surface area contributed by atoms with Crippen LogP contribution >= 0.6 is 24.0 Å². The first kappa shape index (κ1) is 20.0. The summed E-state index contributed by atoms with van der Waals surface area (Å²) >= 11 is 5.17. The average Bonchev–Trinajstić information content (AvgIpc) is 2.36. The van der Waals surface area contributed by atoms with Gasteiger partial charge in [-0.05, 0) is 24.6 Å². The number of halogens is 7. The molecule has 0 aromatic heterocycles. The minimum atomic E-state index is -4.40. The number of anilines is 1. The molecule has 0 radical (unpaired) electrons. The smallest absolute Gasteiger partial charge is 0.348 e. The number of nitrogens with one attached hydrogen (secondary N) is 1. The molecular formula is C13H12F7NS2. The fourth-order valence-corrected chi connectivity index (χ4v) is 2.55. The molecule has 0 aliphatic carbocycles. The third-order valence-electron chi connectivity index (χ3n) is 2.57. The molecule has 10 heteroatoms. The summed E-state index contributed by atoms with van der Waals surface area (Å²) in [7, 11) is 0. The Kier molecular flexibility index (Phi) is 6.70. The summed E-state index contributed by atoms with van der Waals surface area (Å²) in [6, 6.07) is 2.12. The molecule has 1 N–H and O–H groups in total. The molecular weight excluding hydrogens is 367 g/mol. The van der Waals surface area contributed by atoms with Crippen molar-refractivity contribution in [2.45, 2.75) is 37.0 Å². The van der Waals surface area contributed by atoms with Gasteiger partial charge >= 0.3 is 12.4 Å². The molecule has 0 saturated heterocycles. The standard InChI is InChI=1S/C13H12F7NS2/c1-7-4-8(14)9(5-10(7)23-6-13(18,19)20)21-11(22)2-3-12(15,16)17/h4-5H,2-3,6H2,1H3,(H,21,22). The highest BCUT2D eigenvalue weighted by atomic mass is 32.2. The van der Waals surface area contributed by atoms with Crippen LogP contribution in [0.5, 0.6) is 0 Å². The lowest BCUT2D eigenvalue weighted by atomic mass is 10.2. The number of aryl methyl sites for hydroxylation is 1. The number of hydrogen-bond acceptors (Lipinski definition) is 2. The topological polar surface area (TPSA) is 12.0 Å². The van der Waals surface area contributed by atoms with Crippen molar-refractivity contribution in [3.63, 3.8) is 0 Å². The van der Waals surface area contributed by atoms with E-state index < -0.39 is 36.8 Å². The molecule has 0 bridgehead atoms. The first-order valence-corrected chi connectivity index (χ1v) is 7.63. The Labute approximate surface area is 137 Å². The Hall–Kier alpha value is -1.03. The van der Waals surface area contributed by atoms with E-state index in [1.165, 1.54) is 6.92 Å². The van der Waals surface area contributed by atoms with E-state index in [4.69, 9.17) is 12.2 Å². The maximum atomic E-state index is 13.8. The number of rotatable bonds is 5. The van der Waals surface area contributed by atoms with E-state index >= 15 is 0 Å². The second kappa shape index (κ2) is 7.69. The van der Waals surface area contributed by atoms with Crippen molar-refractivity contribution >= 4 is 34.7 Å². The zero-order chi connectivity index (χ0) is 17.8. The van der Waals surface area contributed by atoms with E-state index in [0.29, 0.717) is 17.3 Å². The predicted octanol–water partition coefficient (Wildman–Crippen LogP) is 5.87. The molecule has 0 aliphatic rings. The van der Waals surface area contributed by atoms with Crippen molar-refractivity contribution < 1.29 is 30.7 Å². The highest BCUT2D eigenvalue weighted by Crippen LogP contribution is 2.32. The van der Waals surface area contributed by atoms with Gasteiger partial charge in [0.05, 0.1) is 16.4 Å². The fraction of sp³-hybridized carbons (Fsp3) is 0.462. The normalized spacial score (nSPS) is 12.3. The van der Waals surface area contributed by atoms with E-state index in [1.807, 2.05) is 0 Å². The van der Waals surface area contributed by atoms with Gasteiger partial charge in [-0.3, -0.25) is 0 Å². The van der Waals surface area contributed by atoms with Crippen LogP contribution in [0.15, 0.2) is 17.0 Å². The van der Waals surface area contributed by atoms with Gasteiger partial charge < -0.3 is 5.32 Å². The van der Waals surface area contributed by atoms with Gasteiger partial charge in [-0.1, -0.05) is 12.2 Å². The van der Waals surface area contributed by atoms with Crippen LogP contribution in [0.4, 0.5) is 36.4 Å². The van der Waals surface area contributed by atoms with Crippen LogP contribution in [-0.2, 0) is 0 Å². The van der Waals surface area contributed by atoms with Gasteiger partial charge in [0, 0.05) is 17.7 Å². The van der Waals surface area contributed by atoms with Crippen LogP contribution in [0, 0.1) is 12.7 Å². The van der Waals surface area contributed by atoms with Crippen molar-refractivity contribution in [1.82, 2.24) is 0 Å². The predicted molar refractivity (Wildman–Crippen MR) is 79.4 cm³/mol. The summed E-state index contributed by atoms with van der Waals surface area (Å²) in [6.45, 7) is 1.44. The van der Waals surface area contributed by atoms with Crippen LogP contribution in [0.3, 0.4) is 0 Å². The van der Waals surface area contributed by atoms with Crippen LogP contribution in [-0.4, -0.2) is 23.1 Å². The first-order chi connectivity index (χ1) is 10.4. The van der Waals surface area contributed by atoms with Gasteiger partial charge in [-0.2, -0.15) is 26.3 Å². The lowest BCUT2D eigenvalue weighted by Crippen LogP contribution is -2.16. The number of alkyl halides is 6. The minimum absolute atomic E-state index is 0.171. The molecule has 23 heavy (non-hydrogen) atoms. The van der Waals surface area contributed by atoms with Crippen LogP contribution in [0.2, 0.25) is 0 Å². The largest absolute Gasteiger partial charge is 0.398 e. The molecule has 0 unspecified atom stereocenters. The Bertz CT molecular complexity index is 567. The Morgan fingerprint density at radius 3 is 2.26 bits per heavy atom. The van der Waals surface area contributed by atoms with E-state index in [1.54, 1.807) is 0 Å². The SMILES string of the molecule is Cc1cc(F)c(NC(=S)CCC(F)(F)F)cc1SCC(F)(F)F. The molecule has 0 amide bonds. The summed E-state index contributed by atoms with van der Waals surface area (Å²) < 4.78 is 86.8. The molecule has 0 atom stereocenters. The summed E-state index contributed by atoms with van der Waals surface area (Å²) in [4.78, 5) is -0.0679. The monoisotopic (exact) mass is 379 g/mol. The van der Waals surface area contributed by atoms with Crippen molar-refractivity contribution in [2.24, 2.45) is 0 Å². The van der Waals surface area contributed by atoms with E-state index in [0.717, 1.165) is 12.1 Å². The summed E-state index contributed by atoms with van der Waals surface area (Å²) in [5.74, 6) is -1.95. The molecule has 0 heterocycles. The molecule has 1 rings (SSSR count). The first-order valence-electron chi connectivity index (χ1n) is 6.24. The van der Waals surface area contributed by atoms with Crippen molar-refractivity contribution in [2.75, 3.05) is 11.1 Å². The molecule has 0 saturated carbocycles. The number of thioether (sulfide) groups is 1. The minimum Gasteiger partial charge on any atom is -0.348 e. The second-order valence-electron chi connectivity index (χ2n) is 4.66. The van der Waals surface area contributed by atoms with Gasteiger partial charge in [0.2, 0.25) is 0 Å². The Balaban J connectivity index is 2.80. The lowest BCUT2D eigenvalue weighted by Gasteiger charge is -2.14. The zero-order valence-electron chi connectivity index (χ0n) is 11.7.